The first-order valence-corrected chi connectivity index (χ1v) is 13.8. The molecule has 1 aliphatic heterocycles. The molecule has 7 heteroatoms. The summed E-state index contributed by atoms with van der Waals surface area (Å²) in [7, 11) is 3.72. The fourth-order valence-corrected chi connectivity index (χ4v) is 6.90. The summed E-state index contributed by atoms with van der Waals surface area (Å²) in [6.45, 7) is 3.21. The van der Waals surface area contributed by atoms with Gasteiger partial charge in [-0.3, -0.25) is 4.79 Å². The van der Waals surface area contributed by atoms with Gasteiger partial charge in [-0.1, -0.05) is 41.4 Å². The zero-order chi connectivity index (χ0) is 25.4. The van der Waals surface area contributed by atoms with Gasteiger partial charge in [-0.05, 0) is 80.0 Å². The molecule has 2 aromatic rings. The highest BCUT2D eigenvalue weighted by Crippen LogP contribution is 2.51. The van der Waals surface area contributed by atoms with E-state index in [2.05, 4.69) is 11.0 Å². The Morgan fingerprint density at radius 2 is 2.00 bits per heavy atom. The topological polar surface area (TPSA) is 53.0 Å². The molecule has 4 atom stereocenters. The van der Waals surface area contributed by atoms with Gasteiger partial charge in [-0.25, -0.2) is 0 Å². The van der Waals surface area contributed by atoms with Gasteiger partial charge < -0.3 is 19.6 Å². The van der Waals surface area contributed by atoms with Crippen LogP contribution in [0.25, 0.3) is 0 Å². The lowest BCUT2D eigenvalue weighted by molar-refractivity contribution is -0.137. The summed E-state index contributed by atoms with van der Waals surface area (Å²) >= 11 is 12.3. The molecule has 1 heterocycles. The molecular weight excluding hydrogens is 495 g/mol. The smallest absolute Gasteiger partial charge is 0.226 e. The summed E-state index contributed by atoms with van der Waals surface area (Å²) < 4.78 is 6.15. The molecule has 2 aliphatic carbocycles. The molecule has 0 bridgehead atoms. The van der Waals surface area contributed by atoms with Crippen LogP contribution < -0.4 is 0 Å². The number of nitrogens with zero attached hydrogens (tertiary/aromatic N) is 2. The number of amides is 1. The predicted molar refractivity (Wildman–Crippen MR) is 144 cm³/mol. The van der Waals surface area contributed by atoms with Crippen molar-refractivity contribution in [1.29, 1.82) is 0 Å². The normalized spacial score (nSPS) is 28.5. The number of fused-ring (bicyclic) bond motifs is 1. The number of methoxy groups -OCH3 is 1. The van der Waals surface area contributed by atoms with Gasteiger partial charge in [0.15, 0.2) is 0 Å². The SMILES string of the molecule is COC1C[C@@H](N(C)C(=O)Cc2ccc(Cl)c(Cl)c2)C[C@]2(c3cccc(O)c3)CCN(CC3CC3)C[C@@H]12. The molecule has 3 aliphatic rings. The summed E-state index contributed by atoms with van der Waals surface area (Å²) in [5.41, 5.74) is 1.87. The number of rotatable bonds is 7. The van der Waals surface area contributed by atoms with Gasteiger partial charge in [0, 0.05) is 44.6 Å². The lowest BCUT2D eigenvalue weighted by atomic mass is 9.56. The zero-order valence-electron chi connectivity index (χ0n) is 21.1. The Kier molecular flexibility index (Phi) is 7.56. The van der Waals surface area contributed by atoms with Gasteiger partial charge in [0.1, 0.15) is 5.75 Å². The average Bonchev–Trinajstić information content (AvgIpc) is 3.69. The minimum atomic E-state index is -0.152. The molecule has 2 aromatic carbocycles. The number of phenolic OH excluding ortho intramolecular Hbond substituents is 1. The lowest BCUT2D eigenvalue weighted by Crippen LogP contribution is -2.61. The number of phenols is 1. The van der Waals surface area contributed by atoms with E-state index in [-0.39, 0.29) is 29.9 Å². The van der Waals surface area contributed by atoms with E-state index in [0.29, 0.717) is 21.7 Å². The lowest BCUT2D eigenvalue weighted by Gasteiger charge is -2.56. The first kappa shape index (κ1) is 25.8. The van der Waals surface area contributed by atoms with Crippen molar-refractivity contribution in [2.24, 2.45) is 11.8 Å². The monoisotopic (exact) mass is 530 g/mol. The molecule has 36 heavy (non-hydrogen) atoms. The van der Waals surface area contributed by atoms with Crippen molar-refractivity contribution in [2.45, 2.75) is 56.1 Å². The van der Waals surface area contributed by atoms with Crippen molar-refractivity contribution in [3.05, 3.63) is 63.6 Å². The number of likely N-dealkylation sites (N-methyl/N-ethyl adjacent to an activating group) is 1. The quantitative estimate of drug-likeness (QED) is 0.510. The minimum Gasteiger partial charge on any atom is -0.508 e. The van der Waals surface area contributed by atoms with Crippen LogP contribution in [0.5, 0.6) is 5.75 Å². The maximum atomic E-state index is 13.4. The maximum absolute atomic E-state index is 13.4. The standard InChI is InChI=1S/C29H36Cl2N2O3/c1-32(28(35)13-20-8-9-25(30)26(31)12-20)22-15-27(36-2)24-18-33(17-19-6-7-19)11-10-29(24,16-22)21-4-3-5-23(34)14-21/h3-5,8-9,12,14,19,22,24,27,34H,6-7,10-11,13,15-18H2,1-2H3/t22-,24+,27?,29+/m1/s1. The molecule has 2 saturated carbocycles. The van der Waals surface area contributed by atoms with Gasteiger partial charge in [0.2, 0.25) is 5.91 Å². The van der Waals surface area contributed by atoms with E-state index in [1.165, 1.54) is 19.4 Å². The molecule has 0 radical (unpaired) electrons. The summed E-state index contributed by atoms with van der Waals surface area (Å²) in [5, 5.41) is 11.3. The number of hydrogen-bond donors (Lipinski definition) is 1. The van der Waals surface area contributed by atoms with E-state index < -0.39 is 0 Å². The van der Waals surface area contributed by atoms with Crippen LogP contribution in [0, 0.1) is 11.8 Å². The van der Waals surface area contributed by atoms with Crippen molar-refractivity contribution >= 4 is 29.1 Å². The number of carbonyl (C=O) groups excluding carboxylic acids is 1. The molecule has 1 amide bonds. The summed E-state index contributed by atoms with van der Waals surface area (Å²) in [6, 6.07) is 13.2. The van der Waals surface area contributed by atoms with Crippen LogP contribution in [0.3, 0.4) is 0 Å². The van der Waals surface area contributed by atoms with Gasteiger partial charge in [0.05, 0.1) is 22.6 Å². The molecule has 1 unspecified atom stereocenters. The van der Waals surface area contributed by atoms with E-state index >= 15 is 0 Å². The average molecular weight is 532 g/mol. The van der Waals surface area contributed by atoms with Crippen molar-refractivity contribution < 1.29 is 14.6 Å². The Bertz CT molecular complexity index is 1110. The predicted octanol–water partition coefficient (Wildman–Crippen LogP) is 5.55. The van der Waals surface area contributed by atoms with Gasteiger partial charge in [-0.2, -0.15) is 0 Å². The third-order valence-corrected chi connectivity index (χ3v) is 9.55. The Labute approximate surface area is 224 Å². The minimum absolute atomic E-state index is 0.0355. The van der Waals surface area contributed by atoms with Gasteiger partial charge in [-0.15, -0.1) is 0 Å². The Morgan fingerprint density at radius 1 is 1.19 bits per heavy atom. The van der Waals surface area contributed by atoms with Crippen LogP contribution in [0.4, 0.5) is 0 Å². The second kappa shape index (κ2) is 10.5. The van der Waals surface area contributed by atoms with Gasteiger partial charge in [0.25, 0.3) is 0 Å². The van der Waals surface area contributed by atoms with E-state index in [1.807, 2.05) is 30.1 Å². The van der Waals surface area contributed by atoms with Crippen LogP contribution in [-0.2, 0) is 21.4 Å². The highest BCUT2D eigenvalue weighted by atomic mass is 35.5. The Hall–Kier alpha value is -1.79. The molecule has 1 N–H and O–H groups in total. The third-order valence-electron chi connectivity index (χ3n) is 8.81. The molecule has 1 saturated heterocycles. The van der Waals surface area contributed by atoms with Crippen LogP contribution in [0.15, 0.2) is 42.5 Å². The van der Waals surface area contributed by atoms with Crippen molar-refractivity contribution in [2.75, 3.05) is 33.8 Å². The second-order valence-electron chi connectivity index (χ2n) is 11.1. The molecule has 5 rings (SSSR count). The number of likely N-dealkylation sites (tertiary alicyclic amines) is 1. The highest BCUT2D eigenvalue weighted by molar-refractivity contribution is 6.42. The number of ether oxygens (including phenoxy) is 1. The fraction of sp³-hybridized carbons (Fsp3) is 0.552. The van der Waals surface area contributed by atoms with Crippen molar-refractivity contribution in [3.63, 3.8) is 0 Å². The van der Waals surface area contributed by atoms with Crippen LogP contribution in [0.2, 0.25) is 10.0 Å². The summed E-state index contributed by atoms with van der Waals surface area (Å²) in [5.74, 6) is 1.51. The first-order chi connectivity index (χ1) is 17.3. The first-order valence-electron chi connectivity index (χ1n) is 13.0. The number of aromatic hydroxyl groups is 1. The second-order valence-corrected chi connectivity index (χ2v) is 11.9. The van der Waals surface area contributed by atoms with E-state index in [0.717, 1.165) is 49.4 Å². The van der Waals surface area contributed by atoms with Crippen molar-refractivity contribution in [3.8, 4) is 5.75 Å². The largest absolute Gasteiger partial charge is 0.508 e. The summed E-state index contributed by atoms with van der Waals surface area (Å²) in [4.78, 5) is 17.9. The molecule has 0 aromatic heterocycles. The van der Waals surface area contributed by atoms with Crippen LogP contribution in [-0.4, -0.2) is 66.8 Å². The summed E-state index contributed by atoms with van der Waals surface area (Å²) in [6.07, 6.45) is 5.68. The zero-order valence-corrected chi connectivity index (χ0v) is 22.6. The highest BCUT2D eigenvalue weighted by Gasteiger charge is 2.53. The number of halogens is 2. The fourth-order valence-electron chi connectivity index (χ4n) is 6.58. The Morgan fingerprint density at radius 3 is 2.69 bits per heavy atom. The van der Waals surface area contributed by atoms with Crippen LogP contribution >= 0.6 is 23.2 Å². The molecule has 5 nitrogen and oxygen atoms in total. The number of carbonyl (C=O) groups is 1. The van der Waals surface area contributed by atoms with Crippen molar-refractivity contribution in [1.82, 2.24) is 9.80 Å². The van der Waals surface area contributed by atoms with E-state index in [4.69, 9.17) is 27.9 Å². The molecule has 194 valence electrons. The van der Waals surface area contributed by atoms with Crippen LogP contribution in [0.1, 0.15) is 43.2 Å². The Balaban J connectivity index is 1.41. The van der Waals surface area contributed by atoms with E-state index in [1.54, 1.807) is 25.3 Å². The number of benzene rings is 2. The van der Waals surface area contributed by atoms with Gasteiger partial charge >= 0.3 is 0 Å². The number of hydrogen-bond acceptors (Lipinski definition) is 4. The molecular formula is C29H36Cl2N2O3. The molecule has 0 spiro atoms. The molecule has 3 fully saturated rings. The third kappa shape index (κ3) is 5.26. The van der Waals surface area contributed by atoms with E-state index in [9.17, 15) is 9.90 Å². The maximum Gasteiger partial charge on any atom is 0.226 e. The number of piperidine rings is 1.